The number of nitrogens with one attached hydrogen (secondary N) is 2. The van der Waals surface area contributed by atoms with Crippen molar-refractivity contribution in [2.75, 3.05) is 39.3 Å². The van der Waals surface area contributed by atoms with Gasteiger partial charge in [0.2, 0.25) is 0 Å². The van der Waals surface area contributed by atoms with E-state index in [1.807, 2.05) is 59.5 Å². The van der Waals surface area contributed by atoms with Crippen molar-refractivity contribution >= 4 is 48.4 Å². The first-order valence-electron chi connectivity index (χ1n) is 17.5. The van der Waals surface area contributed by atoms with Gasteiger partial charge in [-0.3, -0.25) is 9.78 Å². The molecule has 3 N–H and O–H groups in total. The van der Waals surface area contributed by atoms with Crippen LogP contribution in [-0.4, -0.2) is 77.1 Å². The number of hydrogen-bond acceptors (Lipinski definition) is 5. The van der Waals surface area contributed by atoms with Crippen molar-refractivity contribution < 1.29 is 19.1 Å². The average molecular weight is 771 g/mol. The minimum absolute atomic E-state index is 0. The van der Waals surface area contributed by atoms with E-state index in [2.05, 4.69) is 32.7 Å². The van der Waals surface area contributed by atoms with Gasteiger partial charge < -0.3 is 25.5 Å². The van der Waals surface area contributed by atoms with Crippen LogP contribution in [0.1, 0.15) is 65.6 Å². The number of benzene rings is 3. The molecule has 52 heavy (non-hydrogen) atoms. The Hall–Kier alpha value is -3.73. The molecular formula is C40H47Cl3FN5O3. The molecule has 0 saturated carbocycles. The van der Waals surface area contributed by atoms with Crippen molar-refractivity contribution in [1.82, 2.24) is 25.4 Å². The number of likely N-dealkylation sites (tertiary alicyclic amines) is 2. The summed E-state index contributed by atoms with van der Waals surface area (Å²) in [6.45, 7) is 3.80. The van der Waals surface area contributed by atoms with Crippen LogP contribution >= 0.6 is 36.4 Å². The first-order chi connectivity index (χ1) is 24.2. The summed E-state index contributed by atoms with van der Waals surface area (Å²) in [5, 5.41) is 18.4. The van der Waals surface area contributed by atoms with Crippen LogP contribution in [0.15, 0.2) is 103 Å². The van der Waals surface area contributed by atoms with Gasteiger partial charge in [-0.25, -0.2) is 9.18 Å². The topological polar surface area (TPSA) is 97.8 Å². The van der Waals surface area contributed by atoms with E-state index in [1.165, 1.54) is 12.1 Å². The molecule has 2 saturated heterocycles. The molecule has 1 atom stereocenters. The zero-order valence-electron chi connectivity index (χ0n) is 29.1. The fourth-order valence-corrected chi connectivity index (χ4v) is 7.57. The molecule has 0 radical (unpaired) electrons. The molecule has 0 aliphatic carbocycles. The van der Waals surface area contributed by atoms with E-state index in [-0.39, 0.29) is 48.6 Å². The van der Waals surface area contributed by atoms with Gasteiger partial charge in [0.05, 0.1) is 5.60 Å². The second-order valence-electron chi connectivity index (χ2n) is 13.6. The van der Waals surface area contributed by atoms with E-state index in [0.717, 1.165) is 49.2 Å². The Bertz CT molecular complexity index is 1700. The molecule has 278 valence electrons. The van der Waals surface area contributed by atoms with E-state index in [9.17, 15) is 19.1 Å². The molecule has 0 bridgehead atoms. The van der Waals surface area contributed by atoms with E-state index in [1.54, 1.807) is 24.5 Å². The number of nitrogens with zero attached hydrogens (tertiary/aromatic N) is 3. The van der Waals surface area contributed by atoms with Crippen LogP contribution < -0.4 is 10.6 Å². The summed E-state index contributed by atoms with van der Waals surface area (Å²) in [5.74, 6) is -0.333. The maximum absolute atomic E-state index is 14.2. The van der Waals surface area contributed by atoms with Gasteiger partial charge in [-0.1, -0.05) is 66.2 Å². The third-order valence-corrected chi connectivity index (χ3v) is 10.7. The molecule has 2 aliphatic heterocycles. The summed E-state index contributed by atoms with van der Waals surface area (Å²) in [4.78, 5) is 34.5. The summed E-state index contributed by atoms with van der Waals surface area (Å²) in [6.07, 6.45) is 7.37. The molecule has 3 heterocycles. The molecule has 4 aromatic rings. The Kier molecular flexibility index (Phi) is 14.9. The number of amides is 3. The molecule has 0 spiro atoms. The zero-order valence-corrected chi connectivity index (χ0v) is 31.4. The molecular weight excluding hydrogens is 724 g/mol. The molecule has 2 fully saturated rings. The van der Waals surface area contributed by atoms with Gasteiger partial charge in [0.15, 0.2) is 0 Å². The molecule has 6 rings (SSSR count). The van der Waals surface area contributed by atoms with Crippen LogP contribution in [-0.2, 0) is 11.0 Å². The SMILES string of the molecule is Cl.Cl.O=C(NCC(CCCN1CCC(O)(c2ccc(Cl)cc2)CC1)(c1ccccc1)c1ccc(F)cc1)NC1CCN(C(=O)c2ccncc2)CC1. The second kappa shape index (κ2) is 18.9. The van der Waals surface area contributed by atoms with Crippen molar-refractivity contribution in [1.29, 1.82) is 0 Å². The zero-order chi connectivity index (χ0) is 35.0. The Morgan fingerprint density at radius 1 is 0.865 bits per heavy atom. The fourth-order valence-electron chi connectivity index (χ4n) is 7.45. The number of carbonyl (C=O) groups is 2. The van der Waals surface area contributed by atoms with Crippen molar-refractivity contribution in [3.8, 4) is 0 Å². The lowest BCUT2D eigenvalue weighted by molar-refractivity contribution is -0.0262. The minimum atomic E-state index is -0.869. The van der Waals surface area contributed by atoms with Gasteiger partial charge in [0.25, 0.3) is 5.91 Å². The second-order valence-corrected chi connectivity index (χ2v) is 14.0. The smallest absolute Gasteiger partial charge is 0.315 e. The van der Waals surface area contributed by atoms with Crippen molar-refractivity contribution in [2.24, 2.45) is 0 Å². The lowest BCUT2D eigenvalue weighted by Gasteiger charge is -2.40. The number of rotatable bonds is 11. The lowest BCUT2D eigenvalue weighted by atomic mass is 9.71. The number of carbonyl (C=O) groups excluding carboxylic acids is 2. The normalized spacial score (nSPS) is 17.2. The quantitative estimate of drug-likeness (QED) is 0.148. The highest BCUT2D eigenvalue weighted by molar-refractivity contribution is 6.30. The first-order valence-corrected chi connectivity index (χ1v) is 17.9. The van der Waals surface area contributed by atoms with Gasteiger partial charge >= 0.3 is 6.03 Å². The van der Waals surface area contributed by atoms with Gasteiger partial charge in [0, 0.05) is 67.2 Å². The van der Waals surface area contributed by atoms with Crippen LogP contribution in [0.3, 0.4) is 0 Å². The molecule has 12 heteroatoms. The number of urea groups is 1. The van der Waals surface area contributed by atoms with Crippen molar-refractivity contribution in [3.05, 3.63) is 136 Å². The largest absolute Gasteiger partial charge is 0.385 e. The molecule has 8 nitrogen and oxygen atoms in total. The van der Waals surface area contributed by atoms with Crippen LogP contribution in [0.5, 0.6) is 0 Å². The van der Waals surface area contributed by atoms with E-state index in [4.69, 9.17) is 11.6 Å². The van der Waals surface area contributed by atoms with Crippen LogP contribution in [0.2, 0.25) is 5.02 Å². The third kappa shape index (κ3) is 10.0. The Morgan fingerprint density at radius 3 is 2.12 bits per heavy atom. The summed E-state index contributed by atoms with van der Waals surface area (Å²) in [7, 11) is 0. The summed E-state index contributed by atoms with van der Waals surface area (Å²) in [6, 6.07) is 27.3. The maximum atomic E-state index is 14.2. The third-order valence-electron chi connectivity index (χ3n) is 10.5. The Morgan fingerprint density at radius 2 is 1.48 bits per heavy atom. The highest BCUT2D eigenvalue weighted by atomic mass is 35.5. The summed E-state index contributed by atoms with van der Waals surface area (Å²) in [5.41, 5.74) is 2.02. The number of pyridine rings is 1. The highest BCUT2D eigenvalue weighted by Gasteiger charge is 2.37. The number of hydrogen-bond donors (Lipinski definition) is 3. The minimum Gasteiger partial charge on any atom is -0.385 e. The molecule has 2 aliphatic rings. The predicted molar refractivity (Wildman–Crippen MR) is 208 cm³/mol. The number of piperidine rings is 2. The molecule has 3 aromatic carbocycles. The Labute approximate surface area is 323 Å². The van der Waals surface area contributed by atoms with E-state index in [0.29, 0.717) is 55.9 Å². The van der Waals surface area contributed by atoms with Crippen LogP contribution in [0, 0.1) is 5.82 Å². The average Bonchev–Trinajstić information content (AvgIpc) is 3.15. The summed E-state index contributed by atoms with van der Waals surface area (Å²) >= 11 is 6.08. The first kappa shape index (κ1) is 41.0. The molecule has 1 unspecified atom stereocenters. The monoisotopic (exact) mass is 769 g/mol. The van der Waals surface area contributed by atoms with E-state index >= 15 is 0 Å². The summed E-state index contributed by atoms with van der Waals surface area (Å²) < 4.78 is 14.2. The van der Waals surface area contributed by atoms with Gasteiger partial charge in [-0.2, -0.15) is 0 Å². The standard InChI is InChI=1S/C40H45ClFN5O3.2ClH/c41-34-11-7-33(8-12-34)40(50)20-27-46(28-21-40)24-4-19-39(31-5-2-1-3-6-31,32-9-13-35(42)14-10-32)29-44-38(49)45-36-17-25-47(26-18-36)37(48)30-15-22-43-23-16-30;;/h1-3,5-16,22-23,36,50H,4,17-21,24-29H2,(H2,44,45,49);2*1H. The van der Waals surface area contributed by atoms with Gasteiger partial charge in [-0.05, 0) is 98.2 Å². The molecule has 1 aromatic heterocycles. The number of halogens is 4. The van der Waals surface area contributed by atoms with Crippen LogP contribution in [0.25, 0.3) is 0 Å². The molecule has 3 amide bonds. The van der Waals surface area contributed by atoms with Crippen LogP contribution in [0.4, 0.5) is 9.18 Å². The highest BCUT2D eigenvalue weighted by Crippen LogP contribution is 2.38. The Balaban J connectivity index is 0.00000302. The maximum Gasteiger partial charge on any atom is 0.315 e. The van der Waals surface area contributed by atoms with E-state index < -0.39 is 11.0 Å². The number of aromatic nitrogens is 1. The fraction of sp³-hybridized carbons (Fsp3) is 0.375. The van der Waals surface area contributed by atoms with Gasteiger partial charge in [0.1, 0.15) is 5.82 Å². The number of aliphatic hydroxyl groups is 1. The van der Waals surface area contributed by atoms with Crippen molar-refractivity contribution in [3.63, 3.8) is 0 Å². The lowest BCUT2D eigenvalue weighted by Crippen LogP contribution is -2.51. The van der Waals surface area contributed by atoms with Crippen molar-refractivity contribution in [2.45, 2.75) is 55.6 Å². The van der Waals surface area contributed by atoms with Gasteiger partial charge in [-0.15, -0.1) is 24.8 Å². The predicted octanol–water partition coefficient (Wildman–Crippen LogP) is 7.37.